The van der Waals surface area contributed by atoms with E-state index >= 15 is 0 Å². The zero-order valence-corrected chi connectivity index (χ0v) is 14.1. The minimum absolute atomic E-state index is 0.0859. The molecule has 2 N–H and O–H groups in total. The third-order valence-electron chi connectivity index (χ3n) is 3.60. The topological polar surface area (TPSA) is 69.1 Å². The SMILES string of the molecule is Cc1nc2c(F)cc(-c3nc(N)ncc3Cl)cn2c1C(C)(C)C. The molecule has 0 aliphatic carbocycles. The molecule has 0 saturated carbocycles. The van der Waals surface area contributed by atoms with Crippen LogP contribution in [0.25, 0.3) is 16.9 Å². The molecule has 23 heavy (non-hydrogen) atoms. The molecular weight excluding hydrogens is 317 g/mol. The maximum atomic E-state index is 14.5. The molecule has 0 radical (unpaired) electrons. The molecule has 3 aromatic rings. The first kappa shape index (κ1) is 15.7. The number of hydrogen-bond acceptors (Lipinski definition) is 4. The molecule has 0 aromatic carbocycles. The van der Waals surface area contributed by atoms with Gasteiger partial charge in [0.05, 0.1) is 28.3 Å². The first-order valence-electron chi connectivity index (χ1n) is 7.15. The van der Waals surface area contributed by atoms with Gasteiger partial charge in [-0.1, -0.05) is 32.4 Å². The van der Waals surface area contributed by atoms with Crippen LogP contribution in [-0.2, 0) is 5.41 Å². The normalized spacial score (nSPS) is 12.1. The van der Waals surface area contributed by atoms with Gasteiger partial charge in [0.15, 0.2) is 11.5 Å². The molecule has 0 spiro atoms. The highest BCUT2D eigenvalue weighted by atomic mass is 35.5. The molecule has 0 fully saturated rings. The minimum atomic E-state index is -0.436. The lowest BCUT2D eigenvalue weighted by Gasteiger charge is -2.19. The molecule has 0 aliphatic heterocycles. The fraction of sp³-hybridized carbons (Fsp3) is 0.312. The van der Waals surface area contributed by atoms with E-state index in [0.29, 0.717) is 16.3 Å². The third kappa shape index (κ3) is 2.63. The maximum Gasteiger partial charge on any atom is 0.220 e. The van der Waals surface area contributed by atoms with Crippen LogP contribution in [0.15, 0.2) is 18.5 Å². The van der Waals surface area contributed by atoms with Crippen molar-refractivity contribution in [3.8, 4) is 11.3 Å². The van der Waals surface area contributed by atoms with E-state index in [1.54, 1.807) is 10.6 Å². The van der Waals surface area contributed by atoms with Gasteiger partial charge in [-0.25, -0.2) is 19.3 Å². The number of aryl methyl sites for hydroxylation is 1. The summed E-state index contributed by atoms with van der Waals surface area (Å²) in [4.78, 5) is 12.3. The van der Waals surface area contributed by atoms with Crippen LogP contribution in [0.4, 0.5) is 10.3 Å². The zero-order valence-electron chi connectivity index (χ0n) is 13.4. The van der Waals surface area contributed by atoms with Gasteiger partial charge in [0.2, 0.25) is 5.95 Å². The lowest BCUT2D eigenvalue weighted by Crippen LogP contribution is -2.16. The third-order valence-corrected chi connectivity index (χ3v) is 3.87. The Kier molecular flexibility index (Phi) is 3.52. The Labute approximate surface area is 138 Å². The molecule has 0 amide bonds. The van der Waals surface area contributed by atoms with Crippen molar-refractivity contribution in [2.45, 2.75) is 33.1 Å². The maximum absolute atomic E-state index is 14.5. The molecule has 0 aliphatic rings. The van der Waals surface area contributed by atoms with Crippen LogP contribution in [0.2, 0.25) is 5.02 Å². The molecule has 3 heterocycles. The Morgan fingerprint density at radius 2 is 1.96 bits per heavy atom. The number of pyridine rings is 1. The summed E-state index contributed by atoms with van der Waals surface area (Å²) in [6, 6.07) is 1.36. The van der Waals surface area contributed by atoms with E-state index in [1.165, 1.54) is 12.3 Å². The molecule has 3 aromatic heterocycles. The number of aromatic nitrogens is 4. The number of rotatable bonds is 1. The van der Waals surface area contributed by atoms with Crippen molar-refractivity contribution < 1.29 is 4.39 Å². The van der Waals surface area contributed by atoms with E-state index in [0.717, 1.165) is 11.4 Å². The highest BCUT2D eigenvalue weighted by Gasteiger charge is 2.24. The van der Waals surface area contributed by atoms with E-state index in [-0.39, 0.29) is 17.0 Å². The Balaban J connectivity index is 2.35. The van der Waals surface area contributed by atoms with Gasteiger partial charge in [0, 0.05) is 17.2 Å². The Hall–Kier alpha value is -2.21. The summed E-state index contributed by atoms with van der Waals surface area (Å²) in [6.45, 7) is 8.05. The number of nitrogens with two attached hydrogens (primary N) is 1. The van der Waals surface area contributed by atoms with Crippen molar-refractivity contribution in [2.75, 3.05) is 5.73 Å². The molecule has 0 bridgehead atoms. The quantitative estimate of drug-likeness (QED) is 0.736. The van der Waals surface area contributed by atoms with E-state index < -0.39 is 5.82 Å². The van der Waals surface area contributed by atoms with Crippen molar-refractivity contribution in [1.29, 1.82) is 0 Å². The average Bonchev–Trinajstić information content (AvgIpc) is 2.78. The van der Waals surface area contributed by atoms with Crippen LogP contribution in [-0.4, -0.2) is 19.4 Å². The first-order valence-corrected chi connectivity index (χ1v) is 7.53. The number of anilines is 1. The average molecular weight is 334 g/mol. The van der Waals surface area contributed by atoms with Gasteiger partial charge in [-0.3, -0.25) is 0 Å². The standard InChI is InChI=1S/C16H17ClFN5/c1-8-13(16(2,3)4)23-7-9(5-11(18)14(23)21-8)12-10(17)6-20-15(19)22-12/h5-7H,1-4H3,(H2,19,20,22). The van der Waals surface area contributed by atoms with Gasteiger partial charge in [0.25, 0.3) is 0 Å². The molecule has 5 nitrogen and oxygen atoms in total. The molecule has 0 atom stereocenters. The van der Waals surface area contributed by atoms with Crippen molar-refractivity contribution in [3.63, 3.8) is 0 Å². The summed E-state index contributed by atoms with van der Waals surface area (Å²) >= 11 is 6.14. The van der Waals surface area contributed by atoms with Gasteiger partial charge >= 0.3 is 0 Å². The van der Waals surface area contributed by atoms with Crippen molar-refractivity contribution in [2.24, 2.45) is 0 Å². The number of hydrogen-bond donors (Lipinski definition) is 1. The lowest BCUT2D eigenvalue weighted by atomic mass is 9.91. The fourth-order valence-corrected chi connectivity index (χ4v) is 3.03. The predicted molar refractivity (Wildman–Crippen MR) is 89.0 cm³/mol. The Morgan fingerprint density at radius 1 is 1.26 bits per heavy atom. The highest BCUT2D eigenvalue weighted by Crippen LogP contribution is 2.31. The van der Waals surface area contributed by atoms with Crippen LogP contribution in [0.1, 0.15) is 32.2 Å². The van der Waals surface area contributed by atoms with Crippen LogP contribution >= 0.6 is 11.6 Å². The second-order valence-corrected chi connectivity index (χ2v) is 6.90. The molecular formula is C16H17ClFN5. The van der Waals surface area contributed by atoms with E-state index in [4.69, 9.17) is 17.3 Å². The van der Waals surface area contributed by atoms with Crippen molar-refractivity contribution >= 4 is 23.2 Å². The van der Waals surface area contributed by atoms with Gasteiger partial charge < -0.3 is 10.1 Å². The molecule has 0 saturated heterocycles. The number of imidazole rings is 1. The van der Waals surface area contributed by atoms with Crippen molar-refractivity contribution in [3.05, 3.63) is 40.7 Å². The van der Waals surface area contributed by atoms with E-state index in [9.17, 15) is 4.39 Å². The highest BCUT2D eigenvalue weighted by molar-refractivity contribution is 6.32. The number of nitrogen functional groups attached to an aromatic ring is 1. The van der Waals surface area contributed by atoms with E-state index in [2.05, 4.69) is 35.7 Å². The predicted octanol–water partition coefficient (Wildman–Crippen LogP) is 3.77. The molecule has 7 heteroatoms. The second-order valence-electron chi connectivity index (χ2n) is 6.49. The van der Waals surface area contributed by atoms with Gasteiger partial charge in [-0.15, -0.1) is 0 Å². The van der Waals surface area contributed by atoms with Crippen molar-refractivity contribution in [1.82, 2.24) is 19.4 Å². The number of fused-ring (bicyclic) bond motifs is 1. The van der Waals surface area contributed by atoms with Gasteiger partial charge in [-0.2, -0.15) is 0 Å². The smallest absolute Gasteiger partial charge is 0.220 e. The largest absolute Gasteiger partial charge is 0.368 e. The van der Waals surface area contributed by atoms with Crippen LogP contribution in [0, 0.1) is 12.7 Å². The second kappa shape index (κ2) is 5.16. The summed E-state index contributed by atoms with van der Waals surface area (Å²) in [5, 5.41) is 0.312. The summed E-state index contributed by atoms with van der Waals surface area (Å²) < 4.78 is 16.3. The summed E-state index contributed by atoms with van der Waals surface area (Å²) in [6.07, 6.45) is 3.19. The van der Waals surface area contributed by atoms with Gasteiger partial charge in [-0.05, 0) is 13.0 Å². The summed E-state index contributed by atoms with van der Waals surface area (Å²) in [5.41, 5.74) is 8.37. The lowest BCUT2D eigenvalue weighted by molar-refractivity contribution is 0.556. The molecule has 120 valence electrons. The Bertz CT molecular complexity index is 911. The minimum Gasteiger partial charge on any atom is -0.368 e. The van der Waals surface area contributed by atoms with Crippen LogP contribution in [0.3, 0.4) is 0 Å². The Morgan fingerprint density at radius 3 is 2.61 bits per heavy atom. The number of nitrogens with zero attached hydrogens (tertiary/aromatic N) is 4. The fourth-order valence-electron chi connectivity index (χ4n) is 2.83. The number of halogens is 2. The van der Waals surface area contributed by atoms with Gasteiger partial charge in [0.1, 0.15) is 0 Å². The molecule has 3 rings (SSSR count). The summed E-state index contributed by atoms with van der Waals surface area (Å²) in [7, 11) is 0. The van der Waals surface area contributed by atoms with Crippen LogP contribution in [0.5, 0.6) is 0 Å². The molecule has 0 unspecified atom stereocenters. The zero-order chi connectivity index (χ0) is 16.9. The van der Waals surface area contributed by atoms with E-state index in [1.807, 2.05) is 6.92 Å². The first-order chi connectivity index (χ1) is 10.7. The monoisotopic (exact) mass is 333 g/mol. The summed E-state index contributed by atoms with van der Waals surface area (Å²) in [5.74, 6) is -0.350. The van der Waals surface area contributed by atoms with Crippen LogP contribution < -0.4 is 5.73 Å².